The van der Waals surface area contributed by atoms with Gasteiger partial charge in [-0.1, -0.05) is 0 Å². The topological polar surface area (TPSA) is 25.8 Å². The van der Waals surface area contributed by atoms with Crippen LogP contribution in [0.15, 0.2) is 30.6 Å². The highest BCUT2D eigenvalue weighted by Crippen LogP contribution is 2.21. The smallest absolute Gasteiger partial charge is 0.0722 e. The van der Waals surface area contributed by atoms with E-state index < -0.39 is 0 Å². The van der Waals surface area contributed by atoms with Crippen LogP contribution in [0.3, 0.4) is 0 Å². The van der Waals surface area contributed by atoms with Crippen LogP contribution in [0.1, 0.15) is 16.8 Å². The van der Waals surface area contributed by atoms with Gasteiger partial charge in [0.15, 0.2) is 0 Å². The Bertz CT molecular complexity index is 490. The van der Waals surface area contributed by atoms with Gasteiger partial charge in [-0.3, -0.25) is 9.97 Å². The summed E-state index contributed by atoms with van der Waals surface area (Å²) in [6.07, 6.45) is 3.73. The van der Waals surface area contributed by atoms with Gasteiger partial charge in [0.05, 0.1) is 5.69 Å². The normalized spacial score (nSPS) is 10.3. The maximum absolute atomic E-state index is 4.36. The van der Waals surface area contributed by atoms with Gasteiger partial charge in [0.25, 0.3) is 0 Å². The Morgan fingerprint density at radius 2 is 1.80 bits per heavy atom. The van der Waals surface area contributed by atoms with Crippen molar-refractivity contribution in [2.24, 2.45) is 0 Å². The number of pyridine rings is 2. The maximum atomic E-state index is 4.36. The van der Waals surface area contributed by atoms with Crippen LogP contribution in [0.4, 0.5) is 0 Å². The van der Waals surface area contributed by atoms with Crippen molar-refractivity contribution in [2.75, 3.05) is 0 Å². The van der Waals surface area contributed by atoms with Crippen LogP contribution in [0.25, 0.3) is 11.3 Å². The molecule has 15 heavy (non-hydrogen) atoms. The number of rotatable bonds is 1. The minimum absolute atomic E-state index is 1.00. The van der Waals surface area contributed by atoms with Gasteiger partial charge >= 0.3 is 0 Å². The molecule has 0 aromatic carbocycles. The Labute approximate surface area is 90.0 Å². The average molecular weight is 198 g/mol. The predicted octanol–water partition coefficient (Wildman–Crippen LogP) is 3.07. The zero-order valence-corrected chi connectivity index (χ0v) is 9.28. The van der Waals surface area contributed by atoms with Gasteiger partial charge in [0.1, 0.15) is 0 Å². The molecule has 0 atom stereocenters. The number of hydrogen-bond acceptors (Lipinski definition) is 2. The van der Waals surface area contributed by atoms with Crippen molar-refractivity contribution in [3.05, 3.63) is 47.4 Å². The molecule has 0 saturated heterocycles. The fourth-order valence-electron chi connectivity index (χ4n) is 1.65. The Morgan fingerprint density at radius 3 is 2.47 bits per heavy atom. The van der Waals surface area contributed by atoms with Crippen LogP contribution in [0.5, 0.6) is 0 Å². The van der Waals surface area contributed by atoms with E-state index in [1.165, 1.54) is 11.1 Å². The van der Waals surface area contributed by atoms with Gasteiger partial charge in [-0.2, -0.15) is 0 Å². The zero-order valence-electron chi connectivity index (χ0n) is 9.28. The fourth-order valence-corrected chi connectivity index (χ4v) is 1.65. The average Bonchev–Trinajstić information content (AvgIpc) is 2.17. The molecule has 0 radical (unpaired) electrons. The molecule has 2 heteroatoms. The van der Waals surface area contributed by atoms with Crippen molar-refractivity contribution in [3.63, 3.8) is 0 Å². The number of nitrogens with zero attached hydrogens (tertiary/aromatic N) is 2. The van der Waals surface area contributed by atoms with Gasteiger partial charge in [-0.25, -0.2) is 0 Å². The highest BCUT2D eigenvalue weighted by atomic mass is 14.7. The molecule has 0 aliphatic carbocycles. The minimum atomic E-state index is 1.00. The Balaban J connectivity index is 2.54. The van der Waals surface area contributed by atoms with Crippen molar-refractivity contribution in [3.8, 4) is 11.3 Å². The minimum Gasteiger partial charge on any atom is -0.261 e. The van der Waals surface area contributed by atoms with Gasteiger partial charge in [-0.15, -0.1) is 0 Å². The van der Waals surface area contributed by atoms with Crippen LogP contribution in [-0.4, -0.2) is 9.97 Å². The van der Waals surface area contributed by atoms with E-state index in [-0.39, 0.29) is 0 Å². The molecular formula is C13H14N2. The summed E-state index contributed by atoms with van der Waals surface area (Å²) in [7, 11) is 0. The lowest BCUT2D eigenvalue weighted by molar-refractivity contribution is 1.16. The lowest BCUT2D eigenvalue weighted by Crippen LogP contribution is -1.91. The highest BCUT2D eigenvalue weighted by Gasteiger charge is 2.03. The maximum Gasteiger partial charge on any atom is 0.0722 e. The first-order valence-electron chi connectivity index (χ1n) is 5.03. The Hall–Kier alpha value is -1.70. The standard InChI is InChI=1S/C13H14N2/c1-9-4-5-14-13(6-9)12-8-15-11(3)7-10(12)2/h4-8H,1-3H3. The van der Waals surface area contributed by atoms with E-state index in [1.54, 1.807) is 0 Å². The van der Waals surface area contributed by atoms with Crippen LogP contribution in [-0.2, 0) is 0 Å². The molecule has 2 rings (SSSR count). The molecule has 2 heterocycles. The summed E-state index contributed by atoms with van der Waals surface area (Å²) in [5.74, 6) is 0. The number of hydrogen-bond donors (Lipinski definition) is 0. The largest absolute Gasteiger partial charge is 0.261 e. The molecule has 0 fully saturated rings. The van der Waals surface area contributed by atoms with Gasteiger partial charge in [-0.05, 0) is 50.1 Å². The number of aromatic nitrogens is 2. The van der Waals surface area contributed by atoms with E-state index >= 15 is 0 Å². The summed E-state index contributed by atoms with van der Waals surface area (Å²) in [4.78, 5) is 8.67. The van der Waals surface area contributed by atoms with Crippen LogP contribution in [0, 0.1) is 20.8 Å². The summed E-state index contributed by atoms with van der Waals surface area (Å²) in [6.45, 7) is 6.16. The summed E-state index contributed by atoms with van der Waals surface area (Å²) in [5, 5.41) is 0. The lowest BCUT2D eigenvalue weighted by atomic mass is 10.1. The monoisotopic (exact) mass is 198 g/mol. The molecule has 0 aliphatic rings. The molecule has 2 aromatic rings. The van der Waals surface area contributed by atoms with Crippen LogP contribution < -0.4 is 0 Å². The van der Waals surface area contributed by atoms with Crippen molar-refractivity contribution in [1.29, 1.82) is 0 Å². The Morgan fingerprint density at radius 1 is 1.00 bits per heavy atom. The molecule has 76 valence electrons. The molecule has 0 amide bonds. The van der Waals surface area contributed by atoms with E-state index in [0.29, 0.717) is 0 Å². The predicted molar refractivity (Wildman–Crippen MR) is 61.7 cm³/mol. The SMILES string of the molecule is Cc1ccnc(-c2cnc(C)cc2C)c1. The second kappa shape index (κ2) is 3.81. The molecule has 0 N–H and O–H groups in total. The first-order valence-corrected chi connectivity index (χ1v) is 5.03. The third-order valence-corrected chi connectivity index (χ3v) is 2.44. The second-order valence-corrected chi connectivity index (χ2v) is 3.86. The Kier molecular flexibility index (Phi) is 2.50. The van der Waals surface area contributed by atoms with Crippen LogP contribution >= 0.6 is 0 Å². The van der Waals surface area contributed by atoms with Crippen molar-refractivity contribution >= 4 is 0 Å². The van der Waals surface area contributed by atoms with Gasteiger partial charge in [0.2, 0.25) is 0 Å². The molecule has 0 unspecified atom stereocenters. The summed E-state index contributed by atoms with van der Waals surface area (Å²) in [6, 6.07) is 6.17. The van der Waals surface area contributed by atoms with E-state index in [4.69, 9.17) is 0 Å². The van der Waals surface area contributed by atoms with E-state index in [0.717, 1.165) is 17.0 Å². The van der Waals surface area contributed by atoms with Crippen molar-refractivity contribution in [1.82, 2.24) is 9.97 Å². The van der Waals surface area contributed by atoms with E-state index in [1.807, 2.05) is 25.4 Å². The fraction of sp³-hybridized carbons (Fsp3) is 0.231. The highest BCUT2D eigenvalue weighted by molar-refractivity contribution is 5.62. The molecule has 0 spiro atoms. The first kappa shape index (κ1) is 9.84. The summed E-state index contributed by atoms with van der Waals surface area (Å²) in [5.41, 5.74) is 5.61. The molecule has 0 saturated carbocycles. The molecular weight excluding hydrogens is 184 g/mol. The number of aryl methyl sites for hydroxylation is 3. The molecule has 2 nitrogen and oxygen atoms in total. The second-order valence-electron chi connectivity index (χ2n) is 3.86. The van der Waals surface area contributed by atoms with Gasteiger partial charge in [0, 0.05) is 23.7 Å². The van der Waals surface area contributed by atoms with E-state index in [2.05, 4.69) is 35.9 Å². The molecule has 2 aromatic heterocycles. The van der Waals surface area contributed by atoms with Gasteiger partial charge < -0.3 is 0 Å². The quantitative estimate of drug-likeness (QED) is 0.703. The third-order valence-electron chi connectivity index (χ3n) is 2.44. The summed E-state index contributed by atoms with van der Waals surface area (Å²) >= 11 is 0. The van der Waals surface area contributed by atoms with Crippen molar-refractivity contribution in [2.45, 2.75) is 20.8 Å². The first-order chi connectivity index (χ1) is 7.16. The summed E-state index contributed by atoms with van der Waals surface area (Å²) < 4.78 is 0. The molecule has 0 aliphatic heterocycles. The van der Waals surface area contributed by atoms with E-state index in [9.17, 15) is 0 Å². The van der Waals surface area contributed by atoms with Crippen LogP contribution in [0.2, 0.25) is 0 Å². The zero-order chi connectivity index (χ0) is 10.8. The van der Waals surface area contributed by atoms with Crippen molar-refractivity contribution < 1.29 is 0 Å². The lowest BCUT2D eigenvalue weighted by Gasteiger charge is -2.05. The third kappa shape index (κ3) is 2.04. The molecule has 0 bridgehead atoms.